The van der Waals surface area contributed by atoms with Crippen molar-refractivity contribution < 1.29 is 38.2 Å². The summed E-state index contributed by atoms with van der Waals surface area (Å²) >= 11 is 0. The molecule has 300 valence electrons. The first-order chi connectivity index (χ1) is 27.0. The van der Waals surface area contributed by atoms with Crippen LogP contribution in [0.2, 0.25) is 0 Å². The highest BCUT2D eigenvalue weighted by Crippen LogP contribution is 2.33. The zero-order valence-electron chi connectivity index (χ0n) is 32.7. The molecular formula is C43H55N5O8. The third kappa shape index (κ3) is 12.0. The number of rotatable bonds is 6. The van der Waals surface area contributed by atoms with E-state index >= 15 is 0 Å². The van der Waals surface area contributed by atoms with Gasteiger partial charge in [-0.3, -0.25) is 24.0 Å². The molecule has 0 saturated heterocycles. The number of benzene rings is 3. The normalized spacial score (nSPS) is 22.9. The van der Waals surface area contributed by atoms with Crippen LogP contribution in [0.3, 0.4) is 0 Å². The van der Waals surface area contributed by atoms with E-state index in [4.69, 9.17) is 14.2 Å². The van der Waals surface area contributed by atoms with Crippen LogP contribution in [-0.4, -0.2) is 74.0 Å². The van der Waals surface area contributed by atoms with Crippen LogP contribution >= 0.6 is 0 Å². The molecule has 5 N–H and O–H groups in total. The minimum atomic E-state index is -1.03. The summed E-state index contributed by atoms with van der Waals surface area (Å²) in [6, 6.07) is 19.0. The van der Waals surface area contributed by atoms with Gasteiger partial charge < -0.3 is 40.8 Å². The molecule has 13 nitrogen and oxygen atoms in total. The van der Waals surface area contributed by atoms with Gasteiger partial charge in [0.15, 0.2) is 18.1 Å². The van der Waals surface area contributed by atoms with Crippen molar-refractivity contribution in [2.75, 3.05) is 20.3 Å². The summed E-state index contributed by atoms with van der Waals surface area (Å²) in [4.78, 5) is 67.4. The number of carbonyl (C=O) groups is 5. The second-order valence-corrected chi connectivity index (χ2v) is 14.8. The quantitative estimate of drug-likeness (QED) is 0.252. The first-order valence-electron chi connectivity index (χ1n) is 19.6. The average Bonchev–Trinajstić information content (AvgIpc) is 3.19. The average molecular weight is 770 g/mol. The molecule has 0 spiro atoms. The van der Waals surface area contributed by atoms with Crippen LogP contribution in [0.15, 0.2) is 72.8 Å². The molecule has 0 aromatic heterocycles. The summed E-state index contributed by atoms with van der Waals surface area (Å²) in [6.45, 7) is 5.88. The summed E-state index contributed by atoms with van der Waals surface area (Å²) in [5, 5.41) is 14.4. The van der Waals surface area contributed by atoms with Gasteiger partial charge in [-0.25, -0.2) is 0 Å². The predicted octanol–water partition coefficient (Wildman–Crippen LogP) is 3.76. The molecule has 3 aromatic carbocycles. The van der Waals surface area contributed by atoms with E-state index in [0.717, 1.165) is 24.0 Å². The largest absolute Gasteiger partial charge is 0.490 e. The Morgan fingerprint density at radius 3 is 2.20 bits per heavy atom. The van der Waals surface area contributed by atoms with Crippen LogP contribution in [-0.2, 0) is 43.4 Å². The number of nitrogens with one attached hydrogen (secondary N) is 5. The van der Waals surface area contributed by atoms with E-state index in [1.54, 1.807) is 18.2 Å². The lowest BCUT2D eigenvalue weighted by Gasteiger charge is -2.30. The highest BCUT2D eigenvalue weighted by molar-refractivity contribution is 5.94. The Hall–Kier alpha value is -5.59. The lowest BCUT2D eigenvalue weighted by Crippen LogP contribution is -2.58. The Balaban J connectivity index is 1.41. The van der Waals surface area contributed by atoms with Crippen molar-refractivity contribution >= 4 is 29.5 Å². The maximum Gasteiger partial charge on any atom is 0.258 e. The first-order valence-corrected chi connectivity index (χ1v) is 19.6. The minimum Gasteiger partial charge on any atom is -0.490 e. The molecule has 1 aliphatic carbocycles. The van der Waals surface area contributed by atoms with Gasteiger partial charge in [-0.2, -0.15) is 0 Å². The number of amides is 5. The topological polar surface area (TPSA) is 173 Å². The van der Waals surface area contributed by atoms with E-state index in [0.29, 0.717) is 42.3 Å². The zero-order valence-corrected chi connectivity index (χ0v) is 32.7. The fourth-order valence-corrected chi connectivity index (χ4v) is 7.15. The van der Waals surface area contributed by atoms with E-state index in [9.17, 15) is 24.0 Å². The molecule has 5 aliphatic rings. The molecule has 4 aliphatic heterocycles. The predicted molar refractivity (Wildman–Crippen MR) is 211 cm³/mol. The first kappa shape index (κ1) is 41.6. The van der Waals surface area contributed by atoms with Crippen LogP contribution in [0.4, 0.5) is 0 Å². The minimum absolute atomic E-state index is 0.0501. The van der Waals surface area contributed by atoms with Gasteiger partial charge in [0.1, 0.15) is 30.5 Å². The molecule has 5 amide bonds. The Kier molecular flexibility index (Phi) is 15.1. The summed E-state index contributed by atoms with van der Waals surface area (Å²) in [5.74, 6) is -0.612. The van der Waals surface area contributed by atoms with Crippen molar-refractivity contribution in [3.63, 3.8) is 0 Å². The standard InChI is InChI=1S/C43H55N5O8/c1-5-54-36-13-9-12-31-25-55-33-20-16-29(17-21-33)23-34(41(51)44-4)46-42(52)35(22-28-10-7-6-8-11-28)47-43(53)39(27(2)3)48-37(49)24-30-14-18-32(19-15-30)45-38(50)26-56-40(31)36/h6-13,16-17,20-21,27,30,32,34-35,39H,5,14-15,18-19,22-26H2,1-4H3,(H,44,51)(H,45,50)(H,46,52)(H,47,53)(H,48,49)/t30?,32?,34-,35+,39-/m0/s1. The Bertz CT molecular complexity index is 1790. The SMILES string of the molecule is CCOc1cccc2c1OCC(=O)NC1CCC(CC1)CC(=O)N[C@@H](C(C)C)C(=O)N[C@H](Cc1ccccc1)C(=O)N[C@H](C(=O)NC)Cc1ccc(cc1)OC2. The number of hydrogen-bond donors (Lipinski definition) is 5. The lowest BCUT2D eigenvalue weighted by molar-refractivity contribution is -0.134. The van der Waals surface area contributed by atoms with E-state index in [2.05, 4.69) is 26.6 Å². The molecule has 4 heterocycles. The van der Waals surface area contributed by atoms with Crippen LogP contribution in [0, 0.1) is 11.8 Å². The van der Waals surface area contributed by atoms with Gasteiger partial charge in [0, 0.05) is 37.9 Å². The molecule has 1 fully saturated rings. The van der Waals surface area contributed by atoms with Crippen LogP contribution in [0.5, 0.6) is 17.2 Å². The molecule has 56 heavy (non-hydrogen) atoms. The third-order valence-corrected chi connectivity index (χ3v) is 10.2. The number of para-hydroxylation sites is 1. The second kappa shape index (κ2) is 20.4. The van der Waals surface area contributed by atoms with Crippen molar-refractivity contribution in [2.24, 2.45) is 11.8 Å². The van der Waals surface area contributed by atoms with Crippen molar-refractivity contribution in [3.05, 3.63) is 89.5 Å². The third-order valence-electron chi connectivity index (χ3n) is 10.2. The van der Waals surface area contributed by atoms with Crippen LogP contribution in [0.1, 0.15) is 69.6 Å². The van der Waals surface area contributed by atoms with Gasteiger partial charge in [0.2, 0.25) is 23.6 Å². The molecule has 0 radical (unpaired) electrons. The monoisotopic (exact) mass is 769 g/mol. The van der Waals surface area contributed by atoms with Crippen molar-refractivity contribution in [3.8, 4) is 17.2 Å². The van der Waals surface area contributed by atoms with E-state index in [1.807, 2.05) is 75.4 Å². The summed E-state index contributed by atoms with van der Waals surface area (Å²) in [5.41, 5.74) is 2.27. The molecule has 3 atom stereocenters. The van der Waals surface area contributed by atoms with Crippen molar-refractivity contribution in [1.82, 2.24) is 26.6 Å². The van der Waals surface area contributed by atoms with Crippen molar-refractivity contribution in [1.29, 1.82) is 0 Å². The molecule has 1 saturated carbocycles. The zero-order chi connectivity index (χ0) is 40.0. The number of ether oxygens (including phenoxy) is 3. The maximum absolute atomic E-state index is 14.0. The number of likely N-dealkylation sites (N-methyl/N-ethyl adjacent to an activating group) is 1. The van der Waals surface area contributed by atoms with Crippen LogP contribution in [0.25, 0.3) is 0 Å². The van der Waals surface area contributed by atoms with Crippen molar-refractivity contribution in [2.45, 2.75) is 96.5 Å². The lowest BCUT2D eigenvalue weighted by atomic mass is 9.84. The Morgan fingerprint density at radius 2 is 1.52 bits per heavy atom. The number of carbonyl (C=O) groups excluding carboxylic acids is 5. The Labute approximate surface area is 329 Å². The number of hydrogen-bond acceptors (Lipinski definition) is 8. The fraction of sp³-hybridized carbons (Fsp3) is 0.465. The van der Waals surface area contributed by atoms with Gasteiger partial charge in [0.05, 0.1) is 6.61 Å². The summed E-state index contributed by atoms with van der Waals surface area (Å²) < 4.78 is 18.0. The highest BCUT2D eigenvalue weighted by Gasteiger charge is 2.32. The second-order valence-electron chi connectivity index (χ2n) is 14.8. The van der Waals surface area contributed by atoms with E-state index in [-0.39, 0.29) is 62.2 Å². The highest BCUT2D eigenvalue weighted by atomic mass is 16.5. The van der Waals surface area contributed by atoms with Gasteiger partial charge in [-0.15, -0.1) is 0 Å². The van der Waals surface area contributed by atoms with E-state index in [1.165, 1.54) is 7.05 Å². The maximum atomic E-state index is 14.0. The van der Waals surface area contributed by atoms with Gasteiger partial charge >= 0.3 is 0 Å². The molecule has 8 rings (SSSR count). The van der Waals surface area contributed by atoms with Gasteiger partial charge in [-0.1, -0.05) is 68.4 Å². The molecule has 13 heteroatoms. The molecular weight excluding hydrogens is 714 g/mol. The van der Waals surface area contributed by atoms with Gasteiger partial charge in [0.25, 0.3) is 5.91 Å². The molecule has 3 aromatic rings. The Morgan fingerprint density at radius 1 is 0.786 bits per heavy atom. The summed E-state index contributed by atoms with van der Waals surface area (Å²) in [6.07, 6.45) is 3.46. The van der Waals surface area contributed by atoms with E-state index < -0.39 is 35.8 Å². The smallest absolute Gasteiger partial charge is 0.258 e. The molecule has 4 bridgehead atoms. The van der Waals surface area contributed by atoms with Gasteiger partial charge in [-0.05, 0) is 73.8 Å². The van der Waals surface area contributed by atoms with Crippen LogP contribution < -0.4 is 40.8 Å². The summed E-state index contributed by atoms with van der Waals surface area (Å²) in [7, 11) is 1.50. The fourth-order valence-electron chi connectivity index (χ4n) is 7.15. The molecule has 0 unspecified atom stereocenters.